The van der Waals surface area contributed by atoms with Crippen LogP contribution in [0.4, 0.5) is 0 Å². The maximum atomic E-state index is 11.0. The standard InChI is InChI=1S/C15H17NO2S/c1-3-4-15-16-13(10-19-15)9-18-14-6-5-11(2)7-12(14)8-17/h5-8,10H,3-4,9H2,1-2H3. The van der Waals surface area contributed by atoms with E-state index >= 15 is 0 Å². The van der Waals surface area contributed by atoms with Gasteiger partial charge in [-0.1, -0.05) is 18.6 Å². The van der Waals surface area contributed by atoms with E-state index in [0.717, 1.165) is 35.4 Å². The van der Waals surface area contributed by atoms with Gasteiger partial charge in [0, 0.05) is 5.38 Å². The fourth-order valence-electron chi connectivity index (χ4n) is 1.79. The van der Waals surface area contributed by atoms with Gasteiger partial charge in [0.25, 0.3) is 0 Å². The molecule has 2 aromatic rings. The minimum absolute atomic E-state index is 0.407. The van der Waals surface area contributed by atoms with Crippen molar-refractivity contribution in [1.82, 2.24) is 4.98 Å². The molecule has 4 heteroatoms. The minimum atomic E-state index is 0.407. The van der Waals surface area contributed by atoms with Crippen molar-refractivity contribution >= 4 is 17.6 Å². The quantitative estimate of drug-likeness (QED) is 0.753. The molecular weight excluding hydrogens is 258 g/mol. The number of nitrogens with zero attached hydrogens (tertiary/aromatic N) is 1. The molecule has 0 saturated carbocycles. The fourth-order valence-corrected chi connectivity index (χ4v) is 2.67. The molecule has 100 valence electrons. The predicted octanol–water partition coefficient (Wildman–Crippen LogP) is 3.80. The number of hydrogen-bond acceptors (Lipinski definition) is 4. The number of aldehydes is 1. The van der Waals surface area contributed by atoms with E-state index < -0.39 is 0 Å². The van der Waals surface area contributed by atoms with Crippen molar-refractivity contribution in [2.24, 2.45) is 0 Å². The summed E-state index contributed by atoms with van der Waals surface area (Å²) < 4.78 is 5.67. The molecule has 0 aliphatic carbocycles. The zero-order chi connectivity index (χ0) is 13.7. The second-order valence-corrected chi connectivity index (χ2v) is 5.37. The molecule has 0 saturated heterocycles. The van der Waals surface area contributed by atoms with E-state index in [0.29, 0.717) is 17.9 Å². The van der Waals surface area contributed by atoms with Crippen LogP contribution in [0.3, 0.4) is 0 Å². The lowest BCUT2D eigenvalue weighted by atomic mass is 10.1. The highest BCUT2D eigenvalue weighted by atomic mass is 32.1. The van der Waals surface area contributed by atoms with Crippen LogP contribution in [-0.4, -0.2) is 11.3 Å². The van der Waals surface area contributed by atoms with Gasteiger partial charge in [-0.3, -0.25) is 4.79 Å². The van der Waals surface area contributed by atoms with Crippen molar-refractivity contribution in [2.75, 3.05) is 0 Å². The molecular formula is C15H17NO2S. The number of carbonyl (C=O) groups excluding carboxylic acids is 1. The second-order valence-electron chi connectivity index (χ2n) is 4.43. The van der Waals surface area contributed by atoms with Crippen LogP contribution in [-0.2, 0) is 13.0 Å². The van der Waals surface area contributed by atoms with Crippen LogP contribution >= 0.6 is 11.3 Å². The van der Waals surface area contributed by atoms with Crippen LogP contribution in [0.25, 0.3) is 0 Å². The van der Waals surface area contributed by atoms with Crippen molar-refractivity contribution < 1.29 is 9.53 Å². The maximum absolute atomic E-state index is 11.0. The van der Waals surface area contributed by atoms with Gasteiger partial charge in [0.15, 0.2) is 6.29 Å². The molecule has 1 heterocycles. The van der Waals surface area contributed by atoms with E-state index in [1.165, 1.54) is 0 Å². The Balaban J connectivity index is 2.03. The first-order valence-electron chi connectivity index (χ1n) is 6.35. The van der Waals surface area contributed by atoms with E-state index in [-0.39, 0.29) is 0 Å². The summed E-state index contributed by atoms with van der Waals surface area (Å²) in [7, 11) is 0. The second kappa shape index (κ2) is 6.48. The summed E-state index contributed by atoms with van der Waals surface area (Å²) in [4.78, 5) is 15.5. The van der Waals surface area contributed by atoms with Gasteiger partial charge in [-0.25, -0.2) is 4.98 Å². The number of ether oxygens (including phenoxy) is 1. The van der Waals surface area contributed by atoms with Crippen LogP contribution < -0.4 is 4.74 Å². The third-order valence-corrected chi connectivity index (χ3v) is 3.69. The van der Waals surface area contributed by atoms with Crippen LogP contribution in [0.5, 0.6) is 5.75 Å². The molecule has 0 radical (unpaired) electrons. The predicted molar refractivity (Wildman–Crippen MR) is 77.0 cm³/mol. The number of carbonyl (C=O) groups is 1. The molecule has 0 atom stereocenters. The van der Waals surface area contributed by atoms with Gasteiger partial charge in [-0.2, -0.15) is 0 Å². The molecule has 1 aromatic heterocycles. The lowest BCUT2D eigenvalue weighted by Crippen LogP contribution is -1.99. The fraction of sp³-hybridized carbons (Fsp3) is 0.333. The highest BCUT2D eigenvalue weighted by molar-refractivity contribution is 7.09. The summed E-state index contributed by atoms with van der Waals surface area (Å²) in [6.07, 6.45) is 2.93. The number of rotatable bonds is 6. The Hall–Kier alpha value is -1.68. The summed E-state index contributed by atoms with van der Waals surface area (Å²) in [6.45, 7) is 4.50. The zero-order valence-electron chi connectivity index (χ0n) is 11.2. The van der Waals surface area contributed by atoms with Crippen molar-refractivity contribution in [1.29, 1.82) is 0 Å². The topological polar surface area (TPSA) is 39.2 Å². The van der Waals surface area contributed by atoms with Gasteiger partial charge < -0.3 is 4.74 Å². The smallest absolute Gasteiger partial charge is 0.153 e. The van der Waals surface area contributed by atoms with E-state index in [2.05, 4.69) is 11.9 Å². The van der Waals surface area contributed by atoms with E-state index in [1.54, 1.807) is 11.3 Å². The summed E-state index contributed by atoms with van der Waals surface area (Å²) >= 11 is 1.66. The summed E-state index contributed by atoms with van der Waals surface area (Å²) in [5.74, 6) is 0.616. The number of aryl methyl sites for hydroxylation is 2. The van der Waals surface area contributed by atoms with E-state index in [9.17, 15) is 4.79 Å². The average molecular weight is 275 g/mol. The Kier molecular flexibility index (Phi) is 4.68. The molecule has 1 aromatic carbocycles. The SMILES string of the molecule is CCCc1nc(COc2ccc(C)cc2C=O)cs1. The van der Waals surface area contributed by atoms with Crippen LogP contribution in [0.2, 0.25) is 0 Å². The molecule has 0 aliphatic heterocycles. The molecule has 0 fully saturated rings. The third kappa shape index (κ3) is 3.64. The van der Waals surface area contributed by atoms with Crippen molar-refractivity contribution in [3.05, 3.63) is 45.4 Å². The van der Waals surface area contributed by atoms with E-state index in [1.807, 2.05) is 30.5 Å². The van der Waals surface area contributed by atoms with Gasteiger partial charge >= 0.3 is 0 Å². The Labute approximate surface area is 117 Å². The van der Waals surface area contributed by atoms with Crippen LogP contribution in [0.15, 0.2) is 23.6 Å². The molecule has 19 heavy (non-hydrogen) atoms. The number of aromatic nitrogens is 1. The first kappa shape index (κ1) is 13.7. The average Bonchev–Trinajstić information content (AvgIpc) is 2.85. The molecule has 2 rings (SSSR count). The molecule has 0 bridgehead atoms. The van der Waals surface area contributed by atoms with Crippen molar-refractivity contribution in [2.45, 2.75) is 33.3 Å². The zero-order valence-corrected chi connectivity index (χ0v) is 12.0. The molecule has 3 nitrogen and oxygen atoms in total. The van der Waals surface area contributed by atoms with Gasteiger partial charge in [-0.05, 0) is 31.9 Å². The van der Waals surface area contributed by atoms with Crippen molar-refractivity contribution in [3.8, 4) is 5.75 Å². The Bertz CT molecular complexity index is 563. The largest absolute Gasteiger partial charge is 0.487 e. The maximum Gasteiger partial charge on any atom is 0.153 e. The lowest BCUT2D eigenvalue weighted by molar-refractivity contribution is 0.111. The van der Waals surface area contributed by atoms with Crippen molar-refractivity contribution in [3.63, 3.8) is 0 Å². The highest BCUT2D eigenvalue weighted by Gasteiger charge is 2.06. The normalized spacial score (nSPS) is 10.4. The molecule has 0 unspecified atom stereocenters. The first-order valence-corrected chi connectivity index (χ1v) is 7.22. The molecule has 0 aliphatic rings. The molecule has 0 spiro atoms. The monoisotopic (exact) mass is 275 g/mol. The van der Waals surface area contributed by atoms with Gasteiger partial charge in [0.05, 0.1) is 16.3 Å². The minimum Gasteiger partial charge on any atom is -0.487 e. The summed E-state index contributed by atoms with van der Waals surface area (Å²) in [5, 5.41) is 3.15. The number of hydrogen-bond donors (Lipinski definition) is 0. The molecule has 0 amide bonds. The molecule has 0 N–H and O–H groups in total. The first-order chi connectivity index (χ1) is 9.22. The Morgan fingerprint density at radius 2 is 2.26 bits per heavy atom. The summed E-state index contributed by atoms with van der Waals surface area (Å²) in [5.41, 5.74) is 2.56. The number of thiazole rings is 1. The number of benzene rings is 1. The van der Waals surface area contributed by atoms with Gasteiger partial charge in [0.2, 0.25) is 0 Å². The van der Waals surface area contributed by atoms with Crippen LogP contribution in [0.1, 0.15) is 40.0 Å². The van der Waals surface area contributed by atoms with Gasteiger partial charge in [0.1, 0.15) is 12.4 Å². The Morgan fingerprint density at radius 3 is 3.00 bits per heavy atom. The third-order valence-electron chi connectivity index (χ3n) is 2.73. The summed E-state index contributed by atoms with van der Waals surface area (Å²) in [6, 6.07) is 5.59. The van der Waals surface area contributed by atoms with Gasteiger partial charge in [-0.15, -0.1) is 11.3 Å². The van der Waals surface area contributed by atoms with Crippen LogP contribution in [0, 0.1) is 6.92 Å². The lowest BCUT2D eigenvalue weighted by Gasteiger charge is -2.07. The van der Waals surface area contributed by atoms with E-state index in [4.69, 9.17) is 4.74 Å². The Morgan fingerprint density at radius 1 is 1.42 bits per heavy atom. The highest BCUT2D eigenvalue weighted by Crippen LogP contribution is 2.20.